The molecule has 23 heavy (non-hydrogen) atoms. The number of hydrogen-bond donors (Lipinski definition) is 1. The maximum atomic E-state index is 12.6. The molecule has 0 bridgehead atoms. The quantitative estimate of drug-likeness (QED) is 0.663. The van der Waals surface area contributed by atoms with Gasteiger partial charge in [0.25, 0.3) is 10.1 Å². The summed E-state index contributed by atoms with van der Waals surface area (Å²) in [5.41, 5.74) is -3.49. The van der Waals surface area contributed by atoms with Gasteiger partial charge in [-0.2, -0.15) is 40.0 Å². The monoisotopic (exact) mass is 359 g/mol. The van der Waals surface area contributed by atoms with Crippen molar-refractivity contribution in [2.75, 3.05) is 0 Å². The Morgan fingerprint density at radius 1 is 1.04 bits per heavy atom. The van der Waals surface area contributed by atoms with E-state index in [0.29, 0.717) is 0 Å². The minimum absolute atomic E-state index is 0.0676. The summed E-state index contributed by atoms with van der Waals surface area (Å²) in [6, 6.07) is 5.79. The van der Waals surface area contributed by atoms with E-state index in [1.54, 1.807) is 6.07 Å². The lowest BCUT2D eigenvalue weighted by Crippen LogP contribution is -2.30. The van der Waals surface area contributed by atoms with Crippen LogP contribution >= 0.6 is 0 Å². The molecular weight excluding hydrogens is 352 g/mol. The SMILES string of the molecule is N#Cc1ccc(CC(=C(C(F)(F)F)C(F)(F)F)S(=O)(=O)O)cc1. The van der Waals surface area contributed by atoms with Gasteiger partial charge in [0.05, 0.1) is 16.5 Å². The molecule has 11 heteroatoms. The summed E-state index contributed by atoms with van der Waals surface area (Å²) in [6.45, 7) is 0. The normalized spacial score (nSPS) is 12.6. The van der Waals surface area contributed by atoms with E-state index in [9.17, 15) is 34.8 Å². The lowest BCUT2D eigenvalue weighted by molar-refractivity contribution is -0.172. The molecule has 0 saturated heterocycles. The number of allylic oxidation sites excluding steroid dienone is 2. The zero-order valence-electron chi connectivity index (χ0n) is 10.9. The van der Waals surface area contributed by atoms with Crippen molar-refractivity contribution in [3.63, 3.8) is 0 Å². The van der Waals surface area contributed by atoms with Crippen LogP contribution < -0.4 is 0 Å². The highest BCUT2D eigenvalue weighted by molar-refractivity contribution is 7.89. The van der Waals surface area contributed by atoms with Crippen molar-refractivity contribution in [1.82, 2.24) is 0 Å². The van der Waals surface area contributed by atoms with Crippen molar-refractivity contribution in [2.24, 2.45) is 0 Å². The molecule has 0 aliphatic rings. The van der Waals surface area contributed by atoms with Gasteiger partial charge in [-0.1, -0.05) is 12.1 Å². The molecule has 1 rings (SSSR count). The van der Waals surface area contributed by atoms with E-state index in [0.717, 1.165) is 24.3 Å². The smallest absolute Gasteiger partial charge is 0.282 e. The number of hydrogen-bond acceptors (Lipinski definition) is 3. The number of nitriles is 1. The first-order valence-corrected chi connectivity index (χ1v) is 7.05. The first-order chi connectivity index (χ1) is 10.3. The fourth-order valence-electron chi connectivity index (χ4n) is 1.67. The molecule has 0 unspecified atom stereocenters. The molecule has 0 radical (unpaired) electrons. The molecule has 0 atom stereocenters. The van der Waals surface area contributed by atoms with Crippen molar-refractivity contribution < 1.29 is 39.3 Å². The van der Waals surface area contributed by atoms with Gasteiger partial charge in [0, 0.05) is 6.42 Å². The maximum Gasteiger partial charge on any atom is 0.422 e. The molecule has 1 aromatic carbocycles. The Balaban J connectivity index is 3.56. The van der Waals surface area contributed by atoms with Crippen molar-refractivity contribution in [3.8, 4) is 6.07 Å². The topological polar surface area (TPSA) is 78.2 Å². The van der Waals surface area contributed by atoms with Gasteiger partial charge in [0.2, 0.25) is 0 Å². The van der Waals surface area contributed by atoms with Gasteiger partial charge in [0.1, 0.15) is 0 Å². The van der Waals surface area contributed by atoms with Crippen molar-refractivity contribution in [1.29, 1.82) is 5.26 Å². The Kier molecular flexibility index (Phi) is 5.13. The highest BCUT2D eigenvalue weighted by atomic mass is 32.2. The maximum absolute atomic E-state index is 12.6. The Morgan fingerprint density at radius 2 is 1.48 bits per heavy atom. The van der Waals surface area contributed by atoms with Crippen LogP contribution in [0.1, 0.15) is 11.1 Å². The van der Waals surface area contributed by atoms with Gasteiger partial charge in [-0.05, 0) is 17.7 Å². The van der Waals surface area contributed by atoms with E-state index in [2.05, 4.69) is 0 Å². The summed E-state index contributed by atoms with van der Waals surface area (Å²) in [7, 11) is -5.77. The van der Waals surface area contributed by atoms with Gasteiger partial charge in [-0.15, -0.1) is 0 Å². The lowest BCUT2D eigenvalue weighted by atomic mass is 10.1. The number of rotatable bonds is 3. The second kappa shape index (κ2) is 6.21. The molecule has 1 aromatic rings. The first kappa shape index (κ1) is 19.0. The largest absolute Gasteiger partial charge is 0.422 e. The number of alkyl halides is 6. The van der Waals surface area contributed by atoms with Crippen molar-refractivity contribution in [3.05, 3.63) is 45.9 Å². The van der Waals surface area contributed by atoms with Crippen LogP contribution in [0, 0.1) is 11.3 Å². The molecule has 0 amide bonds. The van der Waals surface area contributed by atoms with E-state index in [1.807, 2.05) is 0 Å². The Hall–Kier alpha value is -2.06. The van der Waals surface area contributed by atoms with Crippen LogP contribution in [0.5, 0.6) is 0 Å². The zero-order chi connectivity index (χ0) is 18.1. The molecule has 0 aliphatic carbocycles. The highest BCUT2D eigenvalue weighted by Gasteiger charge is 2.54. The third-order valence-electron chi connectivity index (χ3n) is 2.60. The fourth-order valence-corrected chi connectivity index (χ4v) is 2.51. The standard InChI is InChI=1S/C12H7F6NO3S/c13-11(14,15)10(12(16,17)18)9(23(20,21)22)5-7-1-3-8(6-19)4-2-7/h1-4H,5H2,(H,20,21,22). The Morgan fingerprint density at radius 3 is 1.78 bits per heavy atom. The number of halogens is 6. The van der Waals surface area contributed by atoms with Crippen LogP contribution in [0.15, 0.2) is 34.7 Å². The minimum Gasteiger partial charge on any atom is -0.282 e. The van der Waals surface area contributed by atoms with E-state index in [1.165, 1.54) is 0 Å². The second-order valence-corrected chi connectivity index (χ2v) is 5.70. The summed E-state index contributed by atoms with van der Waals surface area (Å²) in [4.78, 5) is -2.21. The average molecular weight is 359 g/mol. The molecular formula is C12H7F6NO3S. The van der Waals surface area contributed by atoms with Crippen molar-refractivity contribution >= 4 is 10.1 Å². The van der Waals surface area contributed by atoms with Crippen LogP contribution in [-0.4, -0.2) is 25.3 Å². The number of benzene rings is 1. The molecule has 0 aliphatic heterocycles. The Labute approximate surface area is 126 Å². The van der Waals surface area contributed by atoms with Crippen LogP contribution in [0.2, 0.25) is 0 Å². The van der Waals surface area contributed by atoms with Gasteiger partial charge in [0.15, 0.2) is 5.57 Å². The van der Waals surface area contributed by atoms with E-state index >= 15 is 0 Å². The molecule has 0 aromatic heterocycles. The molecule has 1 N–H and O–H groups in total. The summed E-state index contributed by atoms with van der Waals surface area (Å²) >= 11 is 0. The van der Waals surface area contributed by atoms with Crippen LogP contribution in [-0.2, 0) is 16.5 Å². The molecule has 0 saturated carbocycles. The second-order valence-electron chi connectivity index (χ2n) is 4.25. The molecule has 0 spiro atoms. The van der Waals surface area contributed by atoms with Crippen LogP contribution in [0.4, 0.5) is 26.3 Å². The molecule has 0 heterocycles. The van der Waals surface area contributed by atoms with E-state index in [-0.39, 0.29) is 11.1 Å². The van der Waals surface area contributed by atoms with Crippen LogP contribution in [0.3, 0.4) is 0 Å². The fraction of sp³-hybridized carbons (Fsp3) is 0.250. The van der Waals surface area contributed by atoms with Crippen molar-refractivity contribution in [2.45, 2.75) is 18.8 Å². The van der Waals surface area contributed by atoms with Gasteiger partial charge in [-0.3, -0.25) is 4.55 Å². The van der Waals surface area contributed by atoms with Gasteiger partial charge < -0.3 is 0 Å². The van der Waals surface area contributed by atoms with E-state index in [4.69, 9.17) is 9.81 Å². The van der Waals surface area contributed by atoms with Crippen LogP contribution in [0.25, 0.3) is 0 Å². The predicted molar refractivity (Wildman–Crippen MR) is 65.5 cm³/mol. The summed E-state index contributed by atoms with van der Waals surface area (Å²) in [5, 5.41) is 8.55. The van der Waals surface area contributed by atoms with Gasteiger partial charge in [-0.25, -0.2) is 0 Å². The minimum atomic E-state index is -6.03. The highest BCUT2D eigenvalue weighted by Crippen LogP contribution is 2.42. The van der Waals surface area contributed by atoms with Gasteiger partial charge >= 0.3 is 12.4 Å². The Bertz CT molecular complexity index is 738. The predicted octanol–water partition coefficient (Wildman–Crippen LogP) is 3.37. The third kappa shape index (κ3) is 4.97. The molecule has 4 nitrogen and oxygen atoms in total. The third-order valence-corrected chi connectivity index (χ3v) is 3.58. The first-order valence-electron chi connectivity index (χ1n) is 5.61. The van der Waals surface area contributed by atoms with E-state index < -0.39 is 39.4 Å². The summed E-state index contributed by atoms with van der Waals surface area (Å²) in [6.07, 6.45) is -13.4. The zero-order valence-corrected chi connectivity index (χ0v) is 11.7. The summed E-state index contributed by atoms with van der Waals surface area (Å²) in [5.74, 6) is 0. The number of nitrogens with zero attached hydrogens (tertiary/aromatic N) is 1. The molecule has 126 valence electrons. The lowest BCUT2D eigenvalue weighted by Gasteiger charge is -2.18. The average Bonchev–Trinajstić information content (AvgIpc) is 2.34. The molecule has 0 fully saturated rings. The summed E-state index contributed by atoms with van der Waals surface area (Å²) < 4.78 is 107.